The summed E-state index contributed by atoms with van der Waals surface area (Å²) in [6.07, 6.45) is 0. The Morgan fingerprint density at radius 2 is 1.79 bits per heavy atom. The quantitative estimate of drug-likeness (QED) is 0.212. The number of benzene rings is 2. The molecule has 7 nitrogen and oxygen atoms in total. The van der Waals surface area contributed by atoms with Crippen molar-refractivity contribution in [3.05, 3.63) is 79.1 Å². The summed E-state index contributed by atoms with van der Waals surface area (Å²) in [4.78, 5) is 23.1. The third-order valence-electron chi connectivity index (χ3n) is 4.12. The molecule has 3 aromatic rings. The molecule has 0 fully saturated rings. The van der Waals surface area contributed by atoms with Crippen LogP contribution in [0.25, 0.3) is 11.3 Å². The van der Waals surface area contributed by atoms with Crippen molar-refractivity contribution in [1.29, 1.82) is 0 Å². The second kappa shape index (κ2) is 8.70. The van der Waals surface area contributed by atoms with Crippen molar-refractivity contribution in [2.24, 2.45) is 0 Å². The minimum Gasteiger partial charge on any atom is -0.451 e. The normalized spacial score (nSPS) is 10.4. The number of para-hydroxylation sites is 1. The Balaban J connectivity index is 1.72. The van der Waals surface area contributed by atoms with Crippen LogP contribution in [0.5, 0.6) is 0 Å². The molecule has 2 N–H and O–H groups in total. The lowest BCUT2D eigenvalue weighted by atomic mass is 10.1. The van der Waals surface area contributed by atoms with E-state index in [-0.39, 0.29) is 22.3 Å². The van der Waals surface area contributed by atoms with Gasteiger partial charge in [-0.2, -0.15) is 0 Å². The number of nitro benzene ring substituents is 1. The molecule has 1 aromatic heterocycles. The maximum atomic E-state index is 12.4. The topological polar surface area (TPSA) is 97.4 Å². The summed E-state index contributed by atoms with van der Waals surface area (Å²) in [6, 6.07) is 13.0. The Hall–Kier alpha value is -2.79. The summed E-state index contributed by atoms with van der Waals surface area (Å²) < 4.78 is 6.69. The third-order valence-corrected chi connectivity index (χ3v) is 6.02. The zero-order valence-electron chi connectivity index (χ0n) is 15.5. The molecule has 148 valence electrons. The van der Waals surface area contributed by atoms with Gasteiger partial charge in [0, 0.05) is 15.3 Å². The minimum atomic E-state index is -0.550. The number of carbonyl (C=O) groups is 1. The molecule has 0 radical (unpaired) electrons. The molecule has 1 heterocycles. The third kappa shape index (κ3) is 4.80. The number of nitro groups is 1. The van der Waals surface area contributed by atoms with Crippen LogP contribution in [0.15, 0.2) is 52.9 Å². The summed E-state index contributed by atoms with van der Waals surface area (Å²) in [6.45, 7) is 3.99. The molecule has 0 saturated heterocycles. The van der Waals surface area contributed by atoms with E-state index < -0.39 is 10.8 Å². The first kappa shape index (κ1) is 20.9. The number of thiocarbonyl (C=S) groups is 1. The zero-order chi connectivity index (χ0) is 21.1. The number of aryl methyl sites for hydroxylation is 2. The Morgan fingerprint density at radius 1 is 1.14 bits per heavy atom. The molecular weight excluding hydrogens is 505 g/mol. The van der Waals surface area contributed by atoms with E-state index in [1.165, 1.54) is 21.8 Å². The van der Waals surface area contributed by atoms with Gasteiger partial charge in [0.05, 0.1) is 10.5 Å². The average Bonchev–Trinajstić information content (AvgIpc) is 3.16. The van der Waals surface area contributed by atoms with E-state index in [1.807, 2.05) is 26.0 Å². The fourth-order valence-corrected chi connectivity index (χ4v) is 3.31. The van der Waals surface area contributed by atoms with Gasteiger partial charge in [-0.25, -0.2) is 0 Å². The molecule has 9 heteroatoms. The van der Waals surface area contributed by atoms with Gasteiger partial charge in [-0.3, -0.25) is 20.2 Å². The molecule has 0 atom stereocenters. The van der Waals surface area contributed by atoms with Crippen molar-refractivity contribution < 1.29 is 14.1 Å². The molecule has 3 rings (SSSR count). The van der Waals surface area contributed by atoms with Crippen molar-refractivity contribution in [2.45, 2.75) is 13.8 Å². The summed E-state index contributed by atoms with van der Waals surface area (Å²) in [5.74, 6) is -0.325. The molecule has 0 aliphatic carbocycles. The van der Waals surface area contributed by atoms with E-state index in [1.54, 1.807) is 18.2 Å². The lowest BCUT2D eigenvalue weighted by molar-refractivity contribution is -0.384. The lowest BCUT2D eigenvalue weighted by Crippen LogP contribution is -2.33. The van der Waals surface area contributed by atoms with Crippen LogP contribution in [0.2, 0.25) is 0 Å². The Bertz CT molecular complexity index is 1100. The van der Waals surface area contributed by atoms with E-state index >= 15 is 0 Å². The predicted molar refractivity (Wildman–Crippen MR) is 123 cm³/mol. The van der Waals surface area contributed by atoms with E-state index in [2.05, 4.69) is 33.2 Å². The van der Waals surface area contributed by atoms with Crippen LogP contribution in [-0.2, 0) is 0 Å². The van der Waals surface area contributed by atoms with Gasteiger partial charge in [-0.05, 0) is 90.1 Å². The number of hydrogen-bond donors (Lipinski definition) is 2. The van der Waals surface area contributed by atoms with Crippen LogP contribution in [0.3, 0.4) is 0 Å². The van der Waals surface area contributed by atoms with Crippen LogP contribution in [-0.4, -0.2) is 15.9 Å². The van der Waals surface area contributed by atoms with E-state index in [0.29, 0.717) is 5.56 Å². The number of rotatable bonds is 4. The Kier molecular flexibility index (Phi) is 6.28. The SMILES string of the molecule is Cc1cc(NC(=S)NC(=O)c2ccc(-c3ccccc3[N+](=O)[O-])o2)cc(C)c1I. The Labute approximate surface area is 185 Å². The summed E-state index contributed by atoms with van der Waals surface area (Å²) in [5.41, 5.74) is 3.16. The molecule has 1 amide bonds. The van der Waals surface area contributed by atoms with Gasteiger partial charge in [0.15, 0.2) is 10.9 Å². The maximum Gasteiger partial charge on any atom is 0.293 e. The first-order valence-corrected chi connectivity index (χ1v) is 9.97. The fraction of sp³-hybridized carbons (Fsp3) is 0.100. The highest BCUT2D eigenvalue weighted by molar-refractivity contribution is 14.1. The summed E-state index contributed by atoms with van der Waals surface area (Å²) in [7, 11) is 0. The second-order valence-electron chi connectivity index (χ2n) is 6.27. The maximum absolute atomic E-state index is 12.4. The highest BCUT2D eigenvalue weighted by Gasteiger charge is 2.19. The fourth-order valence-electron chi connectivity index (χ4n) is 2.79. The summed E-state index contributed by atoms with van der Waals surface area (Å²) in [5, 5.41) is 16.8. The van der Waals surface area contributed by atoms with Crippen LogP contribution in [0.1, 0.15) is 21.7 Å². The van der Waals surface area contributed by atoms with E-state index in [9.17, 15) is 14.9 Å². The first-order chi connectivity index (χ1) is 13.8. The largest absolute Gasteiger partial charge is 0.451 e. The van der Waals surface area contributed by atoms with E-state index in [4.69, 9.17) is 16.6 Å². The van der Waals surface area contributed by atoms with Crippen molar-refractivity contribution in [3.8, 4) is 11.3 Å². The molecule has 0 saturated carbocycles. The van der Waals surface area contributed by atoms with Gasteiger partial charge < -0.3 is 9.73 Å². The molecule has 0 spiro atoms. The van der Waals surface area contributed by atoms with Crippen LogP contribution >= 0.6 is 34.8 Å². The van der Waals surface area contributed by atoms with Crippen LogP contribution in [0.4, 0.5) is 11.4 Å². The van der Waals surface area contributed by atoms with E-state index in [0.717, 1.165) is 16.8 Å². The number of anilines is 1. The number of furan rings is 1. The van der Waals surface area contributed by atoms with Crippen molar-refractivity contribution in [1.82, 2.24) is 5.32 Å². The molecule has 0 aliphatic rings. The second-order valence-corrected chi connectivity index (χ2v) is 7.76. The van der Waals surface area contributed by atoms with Crippen molar-refractivity contribution in [3.63, 3.8) is 0 Å². The Morgan fingerprint density at radius 3 is 2.45 bits per heavy atom. The van der Waals surface area contributed by atoms with Gasteiger partial charge in [0.1, 0.15) is 5.76 Å². The van der Waals surface area contributed by atoms with Gasteiger partial charge in [0.2, 0.25) is 0 Å². The monoisotopic (exact) mass is 521 g/mol. The van der Waals surface area contributed by atoms with Crippen molar-refractivity contribution in [2.75, 3.05) is 5.32 Å². The lowest BCUT2D eigenvalue weighted by Gasteiger charge is -2.11. The minimum absolute atomic E-state index is 0.00253. The molecule has 29 heavy (non-hydrogen) atoms. The molecule has 0 unspecified atom stereocenters. The number of halogens is 1. The number of nitrogens with one attached hydrogen (secondary N) is 2. The number of hydrogen-bond acceptors (Lipinski definition) is 5. The van der Waals surface area contributed by atoms with Gasteiger partial charge in [-0.1, -0.05) is 12.1 Å². The van der Waals surface area contributed by atoms with Gasteiger partial charge in [0.25, 0.3) is 11.6 Å². The van der Waals surface area contributed by atoms with Gasteiger partial charge in [-0.15, -0.1) is 0 Å². The number of carbonyl (C=O) groups excluding carboxylic acids is 1. The van der Waals surface area contributed by atoms with Crippen LogP contribution < -0.4 is 10.6 Å². The first-order valence-electron chi connectivity index (χ1n) is 8.49. The molecule has 0 aliphatic heterocycles. The van der Waals surface area contributed by atoms with Gasteiger partial charge >= 0.3 is 0 Å². The number of amides is 1. The number of nitrogens with zero attached hydrogens (tertiary/aromatic N) is 1. The average molecular weight is 521 g/mol. The molecule has 0 bridgehead atoms. The van der Waals surface area contributed by atoms with Crippen molar-refractivity contribution >= 4 is 57.2 Å². The zero-order valence-corrected chi connectivity index (χ0v) is 18.5. The van der Waals surface area contributed by atoms with Crippen LogP contribution in [0, 0.1) is 27.5 Å². The summed E-state index contributed by atoms with van der Waals surface area (Å²) >= 11 is 7.49. The predicted octanol–water partition coefficient (Wildman–Crippen LogP) is 5.20. The molecule has 2 aromatic carbocycles. The smallest absolute Gasteiger partial charge is 0.293 e. The highest BCUT2D eigenvalue weighted by atomic mass is 127. The standard InChI is InChI=1S/C20H16IN3O4S/c1-11-9-13(10-12(2)18(11)21)22-20(29)23-19(25)17-8-7-16(28-17)14-5-3-4-6-15(14)24(26)27/h3-10H,1-2H3,(H2,22,23,25,29). The highest BCUT2D eigenvalue weighted by Crippen LogP contribution is 2.30. The molecular formula is C20H16IN3O4S.